The lowest BCUT2D eigenvalue weighted by molar-refractivity contribution is -0.157. The molecule has 2 fully saturated rings. The first-order chi connectivity index (χ1) is 7.26. The molecule has 0 aromatic rings. The summed E-state index contributed by atoms with van der Waals surface area (Å²) >= 11 is 0. The van der Waals surface area contributed by atoms with Crippen LogP contribution in [0, 0.1) is 5.92 Å². The van der Waals surface area contributed by atoms with E-state index in [4.69, 9.17) is 4.74 Å². The second-order valence-corrected chi connectivity index (χ2v) is 5.35. The molecule has 2 nitrogen and oxygen atoms in total. The zero-order chi connectivity index (χ0) is 10.7. The second-order valence-electron chi connectivity index (χ2n) is 5.35. The highest BCUT2D eigenvalue weighted by atomic mass is 16.5. The van der Waals surface area contributed by atoms with Crippen molar-refractivity contribution in [3.63, 3.8) is 0 Å². The molecular formula is C13H24O2. The maximum absolute atomic E-state index is 10.1. The van der Waals surface area contributed by atoms with Crippen LogP contribution in [-0.4, -0.2) is 23.4 Å². The average Bonchev–Trinajstić information content (AvgIpc) is 2.24. The molecule has 2 unspecified atom stereocenters. The Labute approximate surface area is 93.0 Å². The lowest BCUT2D eigenvalue weighted by atomic mass is 9.70. The van der Waals surface area contributed by atoms with Crippen molar-refractivity contribution in [1.29, 1.82) is 0 Å². The van der Waals surface area contributed by atoms with E-state index >= 15 is 0 Å². The van der Waals surface area contributed by atoms with E-state index in [1.165, 1.54) is 25.7 Å². The van der Waals surface area contributed by atoms with Crippen LogP contribution in [0.1, 0.15) is 58.3 Å². The molecule has 0 bridgehead atoms. The fourth-order valence-corrected chi connectivity index (χ4v) is 2.96. The zero-order valence-corrected chi connectivity index (χ0v) is 9.87. The van der Waals surface area contributed by atoms with E-state index in [0.717, 1.165) is 32.3 Å². The van der Waals surface area contributed by atoms with Crippen LogP contribution in [-0.2, 0) is 4.74 Å². The molecule has 88 valence electrons. The minimum Gasteiger partial charge on any atom is -0.393 e. The van der Waals surface area contributed by atoms with Gasteiger partial charge in [-0.15, -0.1) is 0 Å². The van der Waals surface area contributed by atoms with E-state index < -0.39 is 0 Å². The molecule has 1 heterocycles. The van der Waals surface area contributed by atoms with Crippen LogP contribution >= 0.6 is 0 Å². The molecule has 0 radical (unpaired) electrons. The lowest BCUT2D eigenvalue weighted by Gasteiger charge is -2.48. The Hall–Kier alpha value is -0.0800. The van der Waals surface area contributed by atoms with Crippen LogP contribution in [0.5, 0.6) is 0 Å². The topological polar surface area (TPSA) is 29.5 Å². The third kappa shape index (κ3) is 2.54. The van der Waals surface area contributed by atoms with Gasteiger partial charge in [-0.25, -0.2) is 0 Å². The summed E-state index contributed by atoms with van der Waals surface area (Å²) < 4.78 is 5.88. The zero-order valence-electron chi connectivity index (χ0n) is 9.87. The number of ether oxygens (including phenoxy) is 1. The van der Waals surface area contributed by atoms with Gasteiger partial charge >= 0.3 is 0 Å². The number of hydrogen-bond acceptors (Lipinski definition) is 2. The van der Waals surface area contributed by atoms with Gasteiger partial charge in [0, 0.05) is 6.61 Å². The maximum Gasteiger partial charge on any atom is 0.0686 e. The van der Waals surface area contributed by atoms with E-state index in [1.54, 1.807) is 0 Å². The second kappa shape index (κ2) is 4.84. The van der Waals surface area contributed by atoms with Gasteiger partial charge in [-0.1, -0.05) is 19.8 Å². The van der Waals surface area contributed by atoms with E-state index in [9.17, 15) is 5.11 Å². The number of rotatable bonds is 4. The fourth-order valence-electron chi connectivity index (χ4n) is 2.96. The Bertz CT molecular complexity index is 199. The molecule has 1 aliphatic heterocycles. The molecule has 2 heteroatoms. The molecule has 0 aromatic heterocycles. The quantitative estimate of drug-likeness (QED) is 0.776. The van der Waals surface area contributed by atoms with Gasteiger partial charge in [-0.3, -0.25) is 0 Å². The van der Waals surface area contributed by atoms with Crippen LogP contribution in [0.3, 0.4) is 0 Å². The molecule has 2 rings (SSSR count). The molecule has 1 N–H and O–H groups in total. The highest BCUT2D eigenvalue weighted by Crippen LogP contribution is 2.45. The van der Waals surface area contributed by atoms with Crippen molar-refractivity contribution in [2.45, 2.75) is 70.0 Å². The molecule has 2 atom stereocenters. The first kappa shape index (κ1) is 11.4. The molecule has 0 aromatic carbocycles. The largest absolute Gasteiger partial charge is 0.393 e. The first-order valence-electron chi connectivity index (χ1n) is 6.58. The maximum atomic E-state index is 10.1. The van der Waals surface area contributed by atoms with Crippen molar-refractivity contribution in [3.8, 4) is 0 Å². The van der Waals surface area contributed by atoms with Crippen LogP contribution in [0.2, 0.25) is 0 Å². The predicted molar refractivity (Wildman–Crippen MR) is 60.8 cm³/mol. The normalized spacial score (nSPS) is 31.2. The molecule has 1 saturated carbocycles. The van der Waals surface area contributed by atoms with Crippen LogP contribution in [0.4, 0.5) is 0 Å². The van der Waals surface area contributed by atoms with E-state index in [0.29, 0.717) is 5.92 Å². The predicted octanol–water partition coefficient (Wildman–Crippen LogP) is 2.89. The Morgan fingerprint density at radius 3 is 2.87 bits per heavy atom. The van der Waals surface area contributed by atoms with Crippen LogP contribution < -0.4 is 0 Å². The highest BCUT2D eigenvalue weighted by Gasteiger charge is 2.43. The summed E-state index contributed by atoms with van der Waals surface area (Å²) in [5.41, 5.74) is 0.191. The molecule has 15 heavy (non-hydrogen) atoms. The van der Waals surface area contributed by atoms with Crippen molar-refractivity contribution in [3.05, 3.63) is 0 Å². The summed E-state index contributed by atoms with van der Waals surface area (Å²) in [6.07, 6.45) is 9.19. The summed E-state index contributed by atoms with van der Waals surface area (Å²) in [6.45, 7) is 3.05. The van der Waals surface area contributed by atoms with Gasteiger partial charge in [-0.2, -0.15) is 0 Å². The third-order valence-corrected chi connectivity index (χ3v) is 4.19. The highest BCUT2D eigenvalue weighted by molar-refractivity contribution is 4.95. The molecule has 0 amide bonds. The fraction of sp³-hybridized carbons (Fsp3) is 1.00. The third-order valence-electron chi connectivity index (χ3n) is 4.19. The first-order valence-corrected chi connectivity index (χ1v) is 6.58. The van der Waals surface area contributed by atoms with Gasteiger partial charge in [0.1, 0.15) is 0 Å². The summed E-state index contributed by atoms with van der Waals surface area (Å²) in [5, 5.41) is 10.1. The standard InChI is InChI=1S/C13H24O2/c1-2-3-5-12(14)11-6-9-15-13(10-11)7-4-8-13/h11-12,14H,2-10H2,1H3. The summed E-state index contributed by atoms with van der Waals surface area (Å²) in [6, 6.07) is 0. The molecule has 1 aliphatic carbocycles. The Morgan fingerprint density at radius 1 is 1.47 bits per heavy atom. The number of aliphatic hydroxyl groups excluding tert-OH is 1. The van der Waals surface area contributed by atoms with E-state index in [-0.39, 0.29) is 11.7 Å². The van der Waals surface area contributed by atoms with Crippen LogP contribution in [0.15, 0.2) is 0 Å². The van der Waals surface area contributed by atoms with Gasteiger partial charge in [0.15, 0.2) is 0 Å². The van der Waals surface area contributed by atoms with Crippen LogP contribution in [0.25, 0.3) is 0 Å². The van der Waals surface area contributed by atoms with E-state index in [1.807, 2.05) is 0 Å². The number of unbranched alkanes of at least 4 members (excludes halogenated alkanes) is 1. The van der Waals surface area contributed by atoms with Crippen molar-refractivity contribution < 1.29 is 9.84 Å². The smallest absolute Gasteiger partial charge is 0.0686 e. The summed E-state index contributed by atoms with van der Waals surface area (Å²) in [7, 11) is 0. The Morgan fingerprint density at radius 2 is 2.27 bits per heavy atom. The molecule has 1 spiro atoms. The van der Waals surface area contributed by atoms with Crippen molar-refractivity contribution in [2.24, 2.45) is 5.92 Å². The number of aliphatic hydroxyl groups is 1. The van der Waals surface area contributed by atoms with Crippen molar-refractivity contribution in [2.75, 3.05) is 6.61 Å². The van der Waals surface area contributed by atoms with Gasteiger partial charge in [-0.05, 0) is 44.4 Å². The molecular weight excluding hydrogens is 188 g/mol. The van der Waals surface area contributed by atoms with Crippen molar-refractivity contribution >= 4 is 0 Å². The van der Waals surface area contributed by atoms with Gasteiger partial charge in [0.2, 0.25) is 0 Å². The minimum atomic E-state index is -0.0775. The van der Waals surface area contributed by atoms with Crippen molar-refractivity contribution in [1.82, 2.24) is 0 Å². The van der Waals surface area contributed by atoms with E-state index in [2.05, 4.69) is 6.92 Å². The monoisotopic (exact) mass is 212 g/mol. The average molecular weight is 212 g/mol. The minimum absolute atomic E-state index is 0.0775. The van der Waals surface area contributed by atoms with Gasteiger partial charge in [0.25, 0.3) is 0 Å². The molecule has 2 aliphatic rings. The SMILES string of the molecule is CCCCC(O)C1CCOC2(CCC2)C1. The van der Waals surface area contributed by atoms with Gasteiger partial charge < -0.3 is 9.84 Å². The summed E-state index contributed by atoms with van der Waals surface area (Å²) in [4.78, 5) is 0. The van der Waals surface area contributed by atoms with Gasteiger partial charge in [0.05, 0.1) is 11.7 Å². The Kier molecular flexibility index (Phi) is 3.68. The summed E-state index contributed by atoms with van der Waals surface area (Å²) in [5.74, 6) is 0.505. The number of hydrogen-bond donors (Lipinski definition) is 1. The lowest BCUT2D eigenvalue weighted by Crippen LogP contribution is -2.47. The molecule has 1 saturated heterocycles. The Balaban J connectivity index is 1.81.